The Bertz CT molecular complexity index is 266. The number of nitrogens with two attached hydrogens (primary N) is 1. The van der Waals surface area contributed by atoms with Gasteiger partial charge in [-0.1, -0.05) is 6.92 Å². The summed E-state index contributed by atoms with van der Waals surface area (Å²) < 4.78 is 0. The van der Waals surface area contributed by atoms with Crippen LogP contribution in [0.25, 0.3) is 0 Å². The van der Waals surface area contributed by atoms with E-state index in [9.17, 15) is 4.79 Å². The maximum atomic E-state index is 12.1. The van der Waals surface area contributed by atoms with Gasteiger partial charge in [0.05, 0.1) is 5.54 Å². The molecule has 1 saturated heterocycles. The second-order valence-corrected chi connectivity index (χ2v) is 5.79. The summed E-state index contributed by atoms with van der Waals surface area (Å²) in [6, 6.07) is 0.0995. The summed E-state index contributed by atoms with van der Waals surface area (Å²) >= 11 is 0. The molecule has 1 aliphatic carbocycles. The van der Waals surface area contributed by atoms with Crippen LogP contribution in [-0.4, -0.2) is 36.1 Å². The first-order valence-electron chi connectivity index (χ1n) is 6.92. The maximum absolute atomic E-state index is 12.1. The smallest absolute Gasteiger partial charge is 0.317 e. The van der Waals surface area contributed by atoms with Gasteiger partial charge in [0.2, 0.25) is 0 Å². The lowest BCUT2D eigenvalue weighted by molar-refractivity contribution is 0.167. The third-order valence-corrected chi connectivity index (χ3v) is 4.39. The Morgan fingerprint density at radius 3 is 2.47 bits per heavy atom. The zero-order chi connectivity index (χ0) is 12.3. The standard InChI is InChI=1S/C13H25N3O/c1-11-4-6-13(10-14,7-5-11)15-12(17)16-8-2-3-9-16/h11H,2-10,14H2,1H3,(H,15,17). The molecule has 0 aromatic carbocycles. The van der Waals surface area contributed by atoms with Crippen LogP contribution in [0.1, 0.15) is 45.4 Å². The molecule has 0 aromatic heterocycles. The Kier molecular flexibility index (Phi) is 3.92. The largest absolute Gasteiger partial charge is 0.331 e. The van der Waals surface area contributed by atoms with Crippen molar-refractivity contribution in [1.82, 2.24) is 10.2 Å². The number of amides is 2. The van der Waals surface area contributed by atoms with Gasteiger partial charge in [-0.25, -0.2) is 4.79 Å². The molecular weight excluding hydrogens is 214 g/mol. The highest BCUT2D eigenvalue weighted by Crippen LogP contribution is 2.31. The first-order valence-corrected chi connectivity index (χ1v) is 6.92. The number of rotatable bonds is 2. The minimum atomic E-state index is -0.133. The van der Waals surface area contributed by atoms with Crippen LogP contribution in [0.5, 0.6) is 0 Å². The highest BCUT2D eigenvalue weighted by Gasteiger charge is 2.35. The topological polar surface area (TPSA) is 58.4 Å². The van der Waals surface area contributed by atoms with Gasteiger partial charge in [0.15, 0.2) is 0 Å². The van der Waals surface area contributed by atoms with Crippen LogP contribution in [0, 0.1) is 5.92 Å². The van der Waals surface area contributed by atoms with Gasteiger partial charge in [0.25, 0.3) is 0 Å². The van der Waals surface area contributed by atoms with Crippen LogP contribution in [0.2, 0.25) is 0 Å². The van der Waals surface area contributed by atoms with Crippen molar-refractivity contribution in [3.63, 3.8) is 0 Å². The number of urea groups is 1. The van der Waals surface area contributed by atoms with Crippen molar-refractivity contribution in [3.05, 3.63) is 0 Å². The number of nitrogens with one attached hydrogen (secondary N) is 1. The number of carbonyl (C=O) groups is 1. The van der Waals surface area contributed by atoms with Crippen LogP contribution >= 0.6 is 0 Å². The van der Waals surface area contributed by atoms with E-state index in [4.69, 9.17) is 5.73 Å². The summed E-state index contributed by atoms with van der Waals surface area (Å²) in [5.74, 6) is 0.776. The van der Waals surface area contributed by atoms with E-state index < -0.39 is 0 Å². The van der Waals surface area contributed by atoms with Crippen LogP contribution in [0.4, 0.5) is 4.79 Å². The van der Waals surface area contributed by atoms with E-state index in [1.165, 1.54) is 12.8 Å². The van der Waals surface area contributed by atoms with Crippen molar-refractivity contribution < 1.29 is 4.79 Å². The summed E-state index contributed by atoms with van der Waals surface area (Å²) in [5, 5.41) is 3.21. The fourth-order valence-corrected chi connectivity index (χ4v) is 2.92. The lowest BCUT2D eigenvalue weighted by Crippen LogP contribution is -2.58. The van der Waals surface area contributed by atoms with Gasteiger partial charge in [-0.2, -0.15) is 0 Å². The zero-order valence-electron chi connectivity index (χ0n) is 10.9. The molecule has 4 nitrogen and oxygen atoms in total. The first-order chi connectivity index (χ1) is 8.15. The highest BCUT2D eigenvalue weighted by atomic mass is 16.2. The minimum absolute atomic E-state index is 0.0995. The maximum Gasteiger partial charge on any atom is 0.317 e. The molecular formula is C13H25N3O. The quantitative estimate of drug-likeness (QED) is 0.770. The van der Waals surface area contributed by atoms with Gasteiger partial charge >= 0.3 is 6.03 Å². The Morgan fingerprint density at radius 2 is 1.94 bits per heavy atom. The fraction of sp³-hybridized carbons (Fsp3) is 0.923. The van der Waals surface area contributed by atoms with Gasteiger partial charge in [-0.05, 0) is 44.4 Å². The summed E-state index contributed by atoms with van der Waals surface area (Å²) in [4.78, 5) is 14.0. The molecule has 4 heteroatoms. The summed E-state index contributed by atoms with van der Waals surface area (Å²) in [6.07, 6.45) is 6.70. The molecule has 2 aliphatic rings. The van der Waals surface area contributed by atoms with Crippen LogP contribution in [0.3, 0.4) is 0 Å². The lowest BCUT2D eigenvalue weighted by Gasteiger charge is -2.40. The van der Waals surface area contributed by atoms with E-state index in [0.717, 1.165) is 44.7 Å². The summed E-state index contributed by atoms with van der Waals surface area (Å²) in [6.45, 7) is 4.66. The Morgan fingerprint density at radius 1 is 1.35 bits per heavy atom. The van der Waals surface area contributed by atoms with Gasteiger partial charge in [0.1, 0.15) is 0 Å². The fourth-order valence-electron chi connectivity index (χ4n) is 2.92. The van der Waals surface area contributed by atoms with Crippen molar-refractivity contribution in [1.29, 1.82) is 0 Å². The molecule has 0 atom stereocenters. The van der Waals surface area contributed by atoms with Gasteiger partial charge in [-0.3, -0.25) is 0 Å². The number of hydrogen-bond acceptors (Lipinski definition) is 2. The summed E-state index contributed by atoms with van der Waals surface area (Å²) in [7, 11) is 0. The third-order valence-electron chi connectivity index (χ3n) is 4.39. The molecule has 0 spiro atoms. The number of hydrogen-bond donors (Lipinski definition) is 2. The molecule has 2 fully saturated rings. The van der Waals surface area contributed by atoms with E-state index in [-0.39, 0.29) is 11.6 Å². The van der Waals surface area contributed by atoms with E-state index in [1.807, 2.05) is 4.90 Å². The average Bonchev–Trinajstić information content (AvgIpc) is 2.86. The lowest BCUT2D eigenvalue weighted by atomic mass is 9.77. The first kappa shape index (κ1) is 12.7. The van der Waals surface area contributed by atoms with Crippen molar-refractivity contribution in [2.45, 2.75) is 51.0 Å². The van der Waals surface area contributed by atoms with Gasteiger partial charge in [-0.15, -0.1) is 0 Å². The average molecular weight is 239 g/mol. The normalized spacial score (nSPS) is 33.8. The van der Waals surface area contributed by atoms with Crippen molar-refractivity contribution in [2.75, 3.05) is 19.6 Å². The second-order valence-electron chi connectivity index (χ2n) is 5.79. The molecule has 0 aromatic rings. The van der Waals surface area contributed by atoms with Crippen LogP contribution in [-0.2, 0) is 0 Å². The monoisotopic (exact) mass is 239 g/mol. The Hall–Kier alpha value is -0.770. The Labute approximate surface area is 104 Å². The summed E-state index contributed by atoms with van der Waals surface area (Å²) in [5.41, 5.74) is 5.76. The molecule has 0 unspecified atom stereocenters. The van der Waals surface area contributed by atoms with Crippen molar-refractivity contribution in [3.8, 4) is 0 Å². The second kappa shape index (κ2) is 5.25. The molecule has 1 aliphatic heterocycles. The highest BCUT2D eigenvalue weighted by molar-refractivity contribution is 5.75. The predicted octanol–water partition coefficient (Wildman–Crippen LogP) is 1.70. The molecule has 2 amide bonds. The predicted molar refractivity (Wildman–Crippen MR) is 68.8 cm³/mol. The zero-order valence-corrected chi connectivity index (χ0v) is 10.9. The molecule has 98 valence electrons. The van der Waals surface area contributed by atoms with E-state index >= 15 is 0 Å². The molecule has 1 heterocycles. The van der Waals surface area contributed by atoms with Crippen molar-refractivity contribution in [2.24, 2.45) is 11.7 Å². The number of likely N-dealkylation sites (tertiary alicyclic amines) is 1. The minimum Gasteiger partial charge on any atom is -0.331 e. The van der Waals surface area contributed by atoms with E-state index in [2.05, 4.69) is 12.2 Å². The number of carbonyl (C=O) groups excluding carboxylic acids is 1. The molecule has 0 bridgehead atoms. The SMILES string of the molecule is CC1CCC(CN)(NC(=O)N2CCCC2)CC1. The van der Waals surface area contributed by atoms with Gasteiger partial charge in [0, 0.05) is 19.6 Å². The number of nitrogens with zero attached hydrogens (tertiary/aromatic N) is 1. The van der Waals surface area contributed by atoms with E-state index in [1.54, 1.807) is 0 Å². The molecule has 17 heavy (non-hydrogen) atoms. The molecule has 1 saturated carbocycles. The van der Waals surface area contributed by atoms with E-state index in [0.29, 0.717) is 6.54 Å². The third kappa shape index (κ3) is 2.92. The molecule has 2 rings (SSSR count). The van der Waals surface area contributed by atoms with Crippen LogP contribution in [0.15, 0.2) is 0 Å². The van der Waals surface area contributed by atoms with Gasteiger partial charge < -0.3 is 16.0 Å². The van der Waals surface area contributed by atoms with Crippen LogP contribution < -0.4 is 11.1 Å². The molecule has 0 radical (unpaired) electrons. The Balaban J connectivity index is 1.92. The molecule has 3 N–H and O–H groups in total. The van der Waals surface area contributed by atoms with Crippen molar-refractivity contribution >= 4 is 6.03 Å².